The first-order chi connectivity index (χ1) is 13.6. The van der Waals surface area contributed by atoms with Crippen LogP contribution in [0.3, 0.4) is 0 Å². The van der Waals surface area contributed by atoms with Crippen LogP contribution in [-0.2, 0) is 0 Å². The number of nitrogens with zero attached hydrogens (tertiary/aromatic N) is 5. The molecule has 0 radical (unpaired) electrons. The summed E-state index contributed by atoms with van der Waals surface area (Å²) < 4.78 is 21.4. The number of halogens is 1. The summed E-state index contributed by atoms with van der Waals surface area (Å²) in [5, 5.41) is 7.02. The third-order valence-corrected chi connectivity index (χ3v) is 5.23. The highest BCUT2D eigenvalue weighted by atomic mass is 19.1. The molecule has 8 nitrogen and oxygen atoms in total. The molecule has 5 rings (SSSR count). The Hall–Kier alpha value is -3.23. The molecule has 2 aliphatic heterocycles. The molecule has 28 heavy (non-hydrogen) atoms. The Kier molecular flexibility index (Phi) is 3.88. The molecule has 0 saturated carbocycles. The fraction of sp³-hybridized carbons (Fsp3) is 0.368. The van der Waals surface area contributed by atoms with E-state index in [0.717, 1.165) is 19.2 Å². The summed E-state index contributed by atoms with van der Waals surface area (Å²) in [7, 11) is 0. The zero-order valence-corrected chi connectivity index (χ0v) is 15.3. The minimum atomic E-state index is -0.402. The largest absolute Gasteiger partial charge is 0.476 e. The van der Waals surface area contributed by atoms with Gasteiger partial charge in [-0.15, -0.1) is 0 Å². The lowest BCUT2D eigenvalue weighted by atomic mass is 10.0. The van der Waals surface area contributed by atoms with Crippen molar-refractivity contribution in [1.29, 1.82) is 0 Å². The predicted octanol–water partition coefficient (Wildman–Crippen LogP) is 1.97. The average Bonchev–Trinajstić information content (AvgIpc) is 3.28. The number of carbonyl (C=O) groups is 1. The van der Waals surface area contributed by atoms with E-state index in [1.807, 2.05) is 6.07 Å². The van der Waals surface area contributed by atoms with Crippen molar-refractivity contribution in [2.75, 3.05) is 24.6 Å². The first-order valence-corrected chi connectivity index (χ1v) is 9.27. The molecular formula is C19H19FN6O2. The highest BCUT2D eigenvalue weighted by Gasteiger charge is 2.35. The number of ether oxygens (including phenoxy) is 1. The number of carbonyl (C=O) groups excluding carboxylic acids is 1. The van der Waals surface area contributed by atoms with E-state index in [2.05, 4.69) is 27.2 Å². The molecule has 0 aromatic carbocycles. The molecule has 2 atom stereocenters. The Bertz CT molecular complexity index is 1070. The van der Waals surface area contributed by atoms with Crippen LogP contribution in [0.2, 0.25) is 0 Å². The molecule has 3 aromatic heterocycles. The van der Waals surface area contributed by atoms with Gasteiger partial charge in [0.15, 0.2) is 5.65 Å². The highest BCUT2D eigenvalue weighted by Crippen LogP contribution is 2.41. The van der Waals surface area contributed by atoms with Gasteiger partial charge in [0.2, 0.25) is 5.88 Å². The lowest BCUT2D eigenvalue weighted by Gasteiger charge is -2.27. The maximum atomic E-state index is 14.0. The normalized spacial score (nSPS) is 21.9. The van der Waals surface area contributed by atoms with Crippen molar-refractivity contribution < 1.29 is 13.9 Å². The van der Waals surface area contributed by atoms with Gasteiger partial charge < -0.3 is 15.0 Å². The number of aromatic nitrogens is 4. The summed E-state index contributed by atoms with van der Waals surface area (Å²) in [6.45, 7) is 3.44. The Balaban J connectivity index is 1.69. The second kappa shape index (κ2) is 6.43. The van der Waals surface area contributed by atoms with E-state index < -0.39 is 5.82 Å². The van der Waals surface area contributed by atoms with Gasteiger partial charge in [-0.05, 0) is 24.5 Å². The van der Waals surface area contributed by atoms with Crippen LogP contribution in [0.4, 0.5) is 10.2 Å². The molecule has 0 spiro atoms. The van der Waals surface area contributed by atoms with Gasteiger partial charge in [-0.3, -0.25) is 4.79 Å². The fourth-order valence-corrected chi connectivity index (χ4v) is 3.98. The molecule has 1 saturated heterocycles. The molecule has 5 heterocycles. The van der Waals surface area contributed by atoms with Crippen molar-refractivity contribution >= 4 is 17.4 Å². The van der Waals surface area contributed by atoms with E-state index in [1.54, 1.807) is 10.7 Å². The smallest absolute Gasteiger partial charge is 0.256 e. The molecule has 1 unspecified atom stereocenters. The molecule has 2 bridgehead atoms. The van der Waals surface area contributed by atoms with E-state index in [4.69, 9.17) is 9.72 Å². The summed E-state index contributed by atoms with van der Waals surface area (Å²) in [5.74, 6) is 0.829. The SMILES string of the molecule is CC1C[C@@H]2c3cc(F)cnc3OCCNC(=O)c3cnn4ccc(nc34)N2C1. The lowest BCUT2D eigenvalue weighted by molar-refractivity contribution is 0.0948. The first-order valence-electron chi connectivity index (χ1n) is 9.27. The zero-order chi connectivity index (χ0) is 19.3. The van der Waals surface area contributed by atoms with E-state index in [-0.39, 0.29) is 18.6 Å². The van der Waals surface area contributed by atoms with Crippen LogP contribution in [0, 0.1) is 11.7 Å². The zero-order valence-electron chi connectivity index (χ0n) is 15.3. The van der Waals surface area contributed by atoms with Crippen molar-refractivity contribution in [2.24, 2.45) is 5.92 Å². The summed E-state index contributed by atoms with van der Waals surface area (Å²) in [5.41, 5.74) is 1.60. The van der Waals surface area contributed by atoms with E-state index >= 15 is 0 Å². The number of pyridine rings is 1. The number of rotatable bonds is 0. The maximum Gasteiger partial charge on any atom is 0.256 e. The second-order valence-corrected chi connectivity index (χ2v) is 7.27. The number of nitrogens with one attached hydrogen (secondary N) is 1. The number of fused-ring (bicyclic) bond motifs is 5. The topological polar surface area (TPSA) is 84.6 Å². The van der Waals surface area contributed by atoms with Gasteiger partial charge in [0, 0.05) is 18.3 Å². The van der Waals surface area contributed by atoms with Gasteiger partial charge in [0.05, 0.1) is 25.0 Å². The van der Waals surface area contributed by atoms with Crippen LogP contribution in [0.25, 0.3) is 5.65 Å². The number of anilines is 1. The van der Waals surface area contributed by atoms with Crippen molar-refractivity contribution in [1.82, 2.24) is 24.9 Å². The monoisotopic (exact) mass is 382 g/mol. The van der Waals surface area contributed by atoms with Crippen LogP contribution < -0.4 is 15.0 Å². The van der Waals surface area contributed by atoms with Gasteiger partial charge in [-0.2, -0.15) is 5.10 Å². The van der Waals surface area contributed by atoms with Gasteiger partial charge in [0.1, 0.15) is 23.8 Å². The Labute approximate surface area is 160 Å². The Morgan fingerprint density at radius 2 is 2.25 bits per heavy atom. The van der Waals surface area contributed by atoms with Crippen LogP contribution in [-0.4, -0.2) is 45.2 Å². The molecule has 0 aliphatic carbocycles. The van der Waals surface area contributed by atoms with Crippen LogP contribution >= 0.6 is 0 Å². The van der Waals surface area contributed by atoms with Gasteiger partial charge in [0.25, 0.3) is 5.91 Å². The lowest BCUT2D eigenvalue weighted by Crippen LogP contribution is -2.28. The molecule has 1 N–H and O–H groups in total. The first kappa shape index (κ1) is 16.9. The Morgan fingerprint density at radius 1 is 1.36 bits per heavy atom. The minimum Gasteiger partial charge on any atom is -0.476 e. The summed E-state index contributed by atoms with van der Waals surface area (Å²) in [6, 6.07) is 3.23. The van der Waals surface area contributed by atoms with Crippen molar-refractivity contribution in [2.45, 2.75) is 19.4 Å². The summed E-state index contributed by atoms with van der Waals surface area (Å²) in [4.78, 5) is 23.5. The maximum absolute atomic E-state index is 14.0. The second-order valence-electron chi connectivity index (χ2n) is 7.27. The van der Waals surface area contributed by atoms with Crippen LogP contribution in [0.1, 0.15) is 35.3 Å². The molecule has 144 valence electrons. The van der Waals surface area contributed by atoms with Crippen molar-refractivity contribution in [3.8, 4) is 5.88 Å². The van der Waals surface area contributed by atoms with Crippen LogP contribution in [0.5, 0.6) is 5.88 Å². The molecular weight excluding hydrogens is 363 g/mol. The van der Waals surface area contributed by atoms with E-state index in [9.17, 15) is 9.18 Å². The molecule has 1 amide bonds. The standard InChI is InChI=1S/C19H19FN6O2/c1-11-6-15-13-7-12(20)8-22-19(13)28-5-3-21-18(27)14-9-23-26-4-2-16(24-17(14)26)25(15)10-11/h2,4,7-9,11,15H,3,5-6,10H2,1H3,(H,21,27)/t11?,15-/m1/s1. The van der Waals surface area contributed by atoms with Crippen LogP contribution in [0.15, 0.2) is 30.7 Å². The number of hydrogen-bond acceptors (Lipinski definition) is 6. The van der Waals surface area contributed by atoms with Gasteiger partial charge in [-0.1, -0.05) is 6.92 Å². The van der Waals surface area contributed by atoms with Gasteiger partial charge >= 0.3 is 0 Å². The fourth-order valence-electron chi connectivity index (χ4n) is 3.98. The number of hydrogen-bond donors (Lipinski definition) is 1. The average molecular weight is 382 g/mol. The van der Waals surface area contributed by atoms with E-state index in [1.165, 1.54) is 12.3 Å². The number of amides is 1. The van der Waals surface area contributed by atoms with E-state index in [0.29, 0.717) is 40.9 Å². The van der Waals surface area contributed by atoms with Crippen molar-refractivity contribution in [3.05, 3.63) is 47.7 Å². The predicted molar refractivity (Wildman–Crippen MR) is 98.9 cm³/mol. The minimum absolute atomic E-state index is 0.112. The van der Waals surface area contributed by atoms with Gasteiger partial charge in [-0.25, -0.2) is 18.9 Å². The summed E-state index contributed by atoms with van der Waals surface area (Å²) in [6.07, 6.45) is 5.28. The molecule has 9 heteroatoms. The quantitative estimate of drug-likeness (QED) is 0.640. The third kappa shape index (κ3) is 2.74. The third-order valence-electron chi connectivity index (χ3n) is 5.23. The van der Waals surface area contributed by atoms with Crippen molar-refractivity contribution in [3.63, 3.8) is 0 Å². The molecule has 1 fully saturated rings. The molecule has 2 aliphatic rings. The Morgan fingerprint density at radius 3 is 3.14 bits per heavy atom. The highest BCUT2D eigenvalue weighted by molar-refractivity contribution is 5.99. The molecule has 3 aromatic rings. The summed E-state index contributed by atoms with van der Waals surface area (Å²) >= 11 is 0.